The molecule has 0 heterocycles. The summed E-state index contributed by atoms with van der Waals surface area (Å²) < 4.78 is 31.6. The zero-order valence-electron chi connectivity index (χ0n) is 18.9. The van der Waals surface area contributed by atoms with Gasteiger partial charge in [0.15, 0.2) is 0 Å². The van der Waals surface area contributed by atoms with Crippen molar-refractivity contribution in [3.8, 4) is 0 Å². The molecule has 2 bridgehead atoms. The second-order valence-corrected chi connectivity index (χ2v) is 9.67. The lowest BCUT2D eigenvalue weighted by Gasteiger charge is -2.19. The van der Waals surface area contributed by atoms with Gasteiger partial charge in [0.05, 0.1) is 12.0 Å². The van der Waals surface area contributed by atoms with Gasteiger partial charge in [-0.25, -0.2) is 8.42 Å². The fraction of sp³-hybridized carbons (Fsp3) is 0.320. The number of anilines is 1. The summed E-state index contributed by atoms with van der Waals surface area (Å²) in [6.07, 6.45) is 11.1. The molecule has 1 fully saturated rings. The largest absolute Gasteiger partial charge is 0.497 e. The van der Waals surface area contributed by atoms with E-state index in [2.05, 4.69) is 50.5 Å². The SMILES string of the molecule is C=CN(C=O)c1ccc(S(=O)(=O)NC(=C)/C=C\C(=C)OC)cc1.CC1C2C=CC(C2)C1C. The topological polar surface area (TPSA) is 75.7 Å². The molecule has 1 aromatic rings. The molecule has 2 aliphatic carbocycles. The predicted molar refractivity (Wildman–Crippen MR) is 129 cm³/mol. The number of fused-ring (bicyclic) bond motifs is 2. The molecule has 2 aliphatic rings. The van der Waals surface area contributed by atoms with E-state index in [-0.39, 0.29) is 10.6 Å². The molecule has 1 saturated carbocycles. The molecule has 0 radical (unpaired) electrons. The zero-order chi connectivity index (χ0) is 23.9. The lowest BCUT2D eigenvalue weighted by molar-refractivity contribution is -0.106. The number of hydrogen-bond donors (Lipinski definition) is 1. The minimum absolute atomic E-state index is 0.0382. The summed E-state index contributed by atoms with van der Waals surface area (Å²) in [5.41, 5.74) is 0.664. The van der Waals surface area contributed by atoms with E-state index in [1.54, 1.807) is 0 Å². The van der Waals surface area contributed by atoms with Crippen molar-refractivity contribution in [1.29, 1.82) is 0 Å². The second-order valence-electron chi connectivity index (χ2n) is 7.99. The van der Waals surface area contributed by atoms with Gasteiger partial charge < -0.3 is 4.74 Å². The van der Waals surface area contributed by atoms with Crippen molar-refractivity contribution >= 4 is 22.1 Å². The number of carbonyl (C=O) groups is 1. The number of amides is 1. The fourth-order valence-electron chi connectivity index (χ4n) is 3.85. The fourth-order valence-corrected chi connectivity index (χ4v) is 4.88. The van der Waals surface area contributed by atoms with Gasteiger partial charge in [-0.2, -0.15) is 0 Å². The van der Waals surface area contributed by atoms with E-state index in [1.807, 2.05) is 0 Å². The van der Waals surface area contributed by atoms with Gasteiger partial charge in [0.25, 0.3) is 10.0 Å². The maximum absolute atomic E-state index is 12.2. The van der Waals surface area contributed by atoms with E-state index >= 15 is 0 Å². The van der Waals surface area contributed by atoms with Crippen molar-refractivity contribution in [1.82, 2.24) is 4.72 Å². The van der Waals surface area contributed by atoms with Gasteiger partial charge in [0, 0.05) is 17.6 Å². The normalized spacial score (nSPS) is 23.2. The number of methoxy groups -OCH3 is 1. The number of nitrogens with one attached hydrogen (secondary N) is 1. The molecule has 0 saturated heterocycles. The summed E-state index contributed by atoms with van der Waals surface area (Å²) >= 11 is 0. The van der Waals surface area contributed by atoms with Gasteiger partial charge in [0.1, 0.15) is 5.76 Å². The first kappa shape index (κ1) is 25.2. The van der Waals surface area contributed by atoms with Crippen LogP contribution >= 0.6 is 0 Å². The Balaban J connectivity index is 0.000000329. The molecule has 4 atom stereocenters. The summed E-state index contributed by atoms with van der Waals surface area (Å²) in [6.45, 7) is 15.4. The molecule has 1 N–H and O–H groups in total. The number of allylic oxidation sites excluding steroid dienone is 4. The highest BCUT2D eigenvalue weighted by Gasteiger charge is 2.38. The third-order valence-electron chi connectivity index (χ3n) is 6.08. The van der Waals surface area contributed by atoms with Crippen LogP contribution in [0, 0.1) is 23.7 Å². The third kappa shape index (κ3) is 6.23. The Bertz CT molecular complexity index is 985. The van der Waals surface area contributed by atoms with E-state index in [4.69, 9.17) is 4.74 Å². The van der Waals surface area contributed by atoms with E-state index in [1.165, 1.54) is 61.0 Å². The highest BCUT2D eigenvalue weighted by molar-refractivity contribution is 7.89. The molecule has 32 heavy (non-hydrogen) atoms. The molecule has 3 rings (SSSR count). The quantitative estimate of drug-likeness (QED) is 0.251. The number of benzene rings is 1. The summed E-state index contributed by atoms with van der Waals surface area (Å²) in [4.78, 5) is 12.1. The predicted octanol–water partition coefficient (Wildman–Crippen LogP) is 4.77. The summed E-state index contributed by atoms with van der Waals surface area (Å²) in [5.74, 6) is 4.16. The Morgan fingerprint density at radius 1 is 1.09 bits per heavy atom. The van der Waals surface area contributed by atoms with Crippen LogP contribution in [0.4, 0.5) is 5.69 Å². The van der Waals surface area contributed by atoms with E-state index < -0.39 is 10.0 Å². The van der Waals surface area contributed by atoms with Crippen molar-refractivity contribution in [3.63, 3.8) is 0 Å². The first-order chi connectivity index (χ1) is 15.1. The number of nitrogens with zero attached hydrogens (tertiary/aromatic N) is 1. The Hall–Kier alpha value is -3.06. The van der Waals surface area contributed by atoms with Crippen LogP contribution in [0.1, 0.15) is 20.3 Å². The van der Waals surface area contributed by atoms with Crippen LogP contribution in [0.3, 0.4) is 0 Å². The van der Waals surface area contributed by atoms with Crippen LogP contribution < -0.4 is 9.62 Å². The van der Waals surface area contributed by atoms with Crippen LogP contribution in [0.5, 0.6) is 0 Å². The summed E-state index contributed by atoms with van der Waals surface area (Å²) in [5, 5.41) is 0. The van der Waals surface area contributed by atoms with Gasteiger partial charge in [0.2, 0.25) is 6.41 Å². The molecule has 1 amide bonds. The highest BCUT2D eigenvalue weighted by Crippen LogP contribution is 2.47. The Kier molecular flexibility index (Phi) is 8.66. The Morgan fingerprint density at radius 3 is 2.06 bits per heavy atom. The maximum Gasteiger partial charge on any atom is 0.261 e. The second kappa shape index (κ2) is 11.0. The molecule has 4 unspecified atom stereocenters. The van der Waals surface area contributed by atoms with Gasteiger partial charge in [-0.3, -0.25) is 14.4 Å². The van der Waals surface area contributed by atoms with Gasteiger partial charge in [-0.1, -0.05) is 45.7 Å². The van der Waals surface area contributed by atoms with E-state index in [0.717, 1.165) is 23.7 Å². The average Bonchev–Trinajstić information content (AvgIpc) is 3.36. The monoisotopic (exact) mass is 456 g/mol. The number of ether oxygens (including phenoxy) is 1. The number of hydrogen-bond acceptors (Lipinski definition) is 4. The molecule has 7 heteroatoms. The third-order valence-corrected chi connectivity index (χ3v) is 7.51. The highest BCUT2D eigenvalue weighted by atomic mass is 32.2. The average molecular weight is 457 g/mol. The number of sulfonamides is 1. The minimum Gasteiger partial charge on any atom is -0.497 e. The molecule has 0 spiro atoms. The van der Waals surface area contributed by atoms with E-state index in [0.29, 0.717) is 17.9 Å². The van der Waals surface area contributed by atoms with Crippen LogP contribution in [0.2, 0.25) is 0 Å². The minimum atomic E-state index is -3.77. The molecule has 1 aromatic carbocycles. The van der Waals surface area contributed by atoms with Crippen molar-refractivity contribution < 1.29 is 17.9 Å². The molecular formula is C25H32N2O4S. The molecule has 0 aromatic heterocycles. The lowest BCUT2D eigenvalue weighted by atomic mass is 9.86. The maximum atomic E-state index is 12.2. The van der Waals surface area contributed by atoms with Gasteiger partial charge >= 0.3 is 0 Å². The standard InChI is InChI=1S/C16H18N2O4S.C9H14/c1-5-18(12-19)15-8-10-16(11-9-15)23(20,21)17-13(2)6-7-14(3)22-4;1-6-7(2)9-4-3-8(6)5-9/h5-12,17H,1-3H2,4H3;3-4,6-9H,5H2,1-2H3/b7-6-;. The smallest absolute Gasteiger partial charge is 0.261 e. The van der Waals surface area contributed by atoms with Crippen LogP contribution in [0.25, 0.3) is 0 Å². The van der Waals surface area contributed by atoms with Crippen molar-refractivity contribution in [2.75, 3.05) is 12.0 Å². The molecule has 0 aliphatic heterocycles. The van der Waals surface area contributed by atoms with Gasteiger partial charge in [-0.15, -0.1) is 0 Å². The van der Waals surface area contributed by atoms with E-state index in [9.17, 15) is 13.2 Å². The Labute approximate surface area is 191 Å². The summed E-state index contributed by atoms with van der Waals surface area (Å²) in [7, 11) is -2.32. The lowest BCUT2D eigenvalue weighted by Crippen LogP contribution is -2.22. The number of carbonyl (C=O) groups excluding carboxylic acids is 1. The van der Waals surface area contributed by atoms with Crippen LogP contribution in [0.15, 0.2) is 90.9 Å². The van der Waals surface area contributed by atoms with Crippen molar-refractivity contribution in [3.05, 3.63) is 86.0 Å². The Morgan fingerprint density at radius 2 is 1.66 bits per heavy atom. The number of rotatable bonds is 9. The van der Waals surface area contributed by atoms with Crippen molar-refractivity contribution in [2.45, 2.75) is 25.2 Å². The molecule has 6 nitrogen and oxygen atoms in total. The van der Waals surface area contributed by atoms with Crippen LogP contribution in [-0.4, -0.2) is 21.9 Å². The molecule has 172 valence electrons. The first-order valence-corrected chi connectivity index (χ1v) is 11.9. The zero-order valence-corrected chi connectivity index (χ0v) is 19.7. The van der Waals surface area contributed by atoms with Gasteiger partial charge in [-0.05, 0) is 66.5 Å². The molecular weight excluding hydrogens is 424 g/mol. The summed E-state index contributed by atoms with van der Waals surface area (Å²) in [6, 6.07) is 5.75. The first-order valence-electron chi connectivity index (χ1n) is 10.4. The van der Waals surface area contributed by atoms with Crippen molar-refractivity contribution in [2.24, 2.45) is 23.7 Å². The van der Waals surface area contributed by atoms with Crippen LogP contribution in [-0.2, 0) is 19.6 Å².